The van der Waals surface area contributed by atoms with Crippen molar-refractivity contribution >= 4 is 17.5 Å². The predicted octanol–water partition coefficient (Wildman–Crippen LogP) is 4.16. The second-order valence-corrected chi connectivity index (χ2v) is 5.37. The summed E-state index contributed by atoms with van der Waals surface area (Å²) >= 11 is 0. The molecule has 0 aliphatic carbocycles. The molecule has 1 aromatic heterocycles. The van der Waals surface area contributed by atoms with Gasteiger partial charge >= 0.3 is 0 Å². The van der Waals surface area contributed by atoms with Gasteiger partial charge in [-0.3, -0.25) is 4.57 Å². The Bertz CT molecular complexity index is 794. The van der Waals surface area contributed by atoms with Gasteiger partial charge in [-0.15, -0.1) is 0 Å². The fourth-order valence-electron chi connectivity index (χ4n) is 2.70. The van der Waals surface area contributed by atoms with E-state index in [1.54, 1.807) is 0 Å². The summed E-state index contributed by atoms with van der Waals surface area (Å²) in [5, 5.41) is 3.36. The molecule has 5 nitrogen and oxygen atoms in total. The molecule has 0 unspecified atom stereocenters. The smallest absolute Gasteiger partial charge is 0.207 e. The van der Waals surface area contributed by atoms with Crippen molar-refractivity contribution in [2.45, 2.75) is 20.3 Å². The molecule has 3 aromatic rings. The van der Waals surface area contributed by atoms with Crippen molar-refractivity contribution in [3.63, 3.8) is 0 Å². The third kappa shape index (κ3) is 3.20. The number of anilines is 3. The highest BCUT2D eigenvalue weighted by molar-refractivity contribution is 5.63. The number of rotatable bonds is 6. The van der Waals surface area contributed by atoms with Crippen LogP contribution in [0.1, 0.15) is 19.5 Å². The Morgan fingerprint density at radius 2 is 1.75 bits per heavy atom. The number of benzene rings is 2. The SMILES string of the molecule is CCOc1ccc(Nc2nc(N)n(-c3ccccc3)c2CC)cc1. The fraction of sp³-hybridized carbons (Fsp3) is 0.211. The number of nitrogens with one attached hydrogen (secondary N) is 1. The molecule has 0 fully saturated rings. The largest absolute Gasteiger partial charge is 0.494 e. The molecule has 0 bridgehead atoms. The zero-order valence-corrected chi connectivity index (χ0v) is 14.0. The van der Waals surface area contributed by atoms with Crippen LogP contribution in [-0.4, -0.2) is 16.2 Å². The fourth-order valence-corrected chi connectivity index (χ4v) is 2.70. The summed E-state index contributed by atoms with van der Waals surface area (Å²) in [5.74, 6) is 2.11. The Kier molecular flexibility index (Phi) is 4.70. The maximum Gasteiger partial charge on any atom is 0.207 e. The molecule has 0 saturated heterocycles. The van der Waals surface area contributed by atoms with Gasteiger partial charge in [0, 0.05) is 11.4 Å². The molecular formula is C19H22N4O. The van der Waals surface area contributed by atoms with E-state index in [-0.39, 0.29) is 0 Å². The standard InChI is InChI=1S/C19H22N4O/c1-3-17-18(21-14-10-12-16(13-11-14)24-4-2)22-19(20)23(17)15-8-6-5-7-9-15/h5-13,21H,3-4H2,1-2H3,(H2,20,22). The maximum atomic E-state index is 6.16. The summed E-state index contributed by atoms with van der Waals surface area (Å²) in [7, 11) is 0. The Hall–Kier alpha value is -2.95. The summed E-state index contributed by atoms with van der Waals surface area (Å²) in [6.45, 7) is 4.72. The van der Waals surface area contributed by atoms with Crippen molar-refractivity contribution in [1.29, 1.82) is 0 Å². The van der Waals surface area contributed by atoms with Gasteiger partial charge in [-0.1, -0.05) is 25.1 Å². The molecule has 0 amide bonds. The van der Waals surface area contributed by atoms with E-state index in [9.17, 15) is 0 Å². The quantitative estimate of drug-likeness (QED) is 0.715. The highest BCUT2D eigenvalue weighted by atomic mass is 16.5. The molecule has 1 heterocycles. The molecule has 0 spiro atoms. The number of imidazole rings is 1. The molecule has 3 N–H and O–H groups in total. The Morgan fingerprint density at radius 1 is 1.04 bits per heavy atom. The number of nitrogen functional groups attached to an aromatic ring is 1. The third-order valence-corrected chi connectivity index (χ3v) is 3.78. The van der Waals surface area contributed by atoms with Crippen LogP contribution >= 0.6 is 0 Å². The van der Waals surface area contributed by atoms with Crippen LogP contribution in [0.4, 0.5) is 17.5 Å². The molecule has 2 aromatic carbocycles. The van der Waals surface area contributed by atoms with E-state index in [1.807, 2.05) is 66.1 Å². The molecule has 0 atom stereocenters. The number of ether oxygens (including phenoxy) is 1. The van der Waals surface area contributed by atoms with E-state index < -0.39 is 0 Å². The van der Waals surface area contributed by atoms with Gasteiger partial charge < -0.3 is 15.8 Å². The monoisotopic (exact) mass is 322 g/mol. The molecular weight excluding hydrogens is 300 g/mol. The lowest BCUT2D eigenvalue weighted by atomic mass is 10.2. The van der Waals surface area contributed by atoms with Gasteiger partial charge in [-0.25, -0.2) is 0 Å². The van der Waals surface area contributed by atoms with Crippen molar-refractivity contribution in [2.24, 2.45) is 0 Å². The number of para-hydroxylation sites is 1. The van der Waals surface area contributed by atoms with Gasteiger partial charge in [0.25, 0.3) is 0 Å². The van der Waals surface area contributed by atoms with Crippen molar-refractivity contribution in [3.8, 4) is 11.4 Å². The molecule has 0 aliphatic rings. The van der Waals surface area contributed by atoms with E-state index in [0.29, 0.717) is 12.6 Å². The van der Waals surface area contributed by atoms with Crippen molar-refractivity contribution < 1.29 is 4.74 Å². The number of aromatic nitrogens is 2. The summed E-state index contributed by atoms with van der Waals surface area (Å²) < 4.78 is 7.45. The highest BCUT2D eigenvalue weighted by Gasteiger charge is 2.15. The van der Waals surface area contributed by atoms with E-state index >= 15 is 0 Å². The topological polar surface area (TPSA) is 65.1 Å². The second-order valence-electron chi connectivity index (χ2n) is 5.37. The third-order valence-electron chi connectivity index (χ3n) is 3.78. The molecule has 0 radical (unpaired) electrons. The lowest BCUT2D eigenvalue weighted by Crippen LogP contribution is -2.04. The van der Waals surface area contributed by atoms with Gasteiger partial charge in [0.1, 0.15) is 5.75 Å². The van der Waals surface area contributed by atoms with E-state index in [1.165, 1.54) is 0 Å². The summed E-state index contributed by atoms with van der Waals surface area (Å²) in [6.07, 6.45) is 0.818. The summed E-state index contributed by atoms with van der Waals surface area (Å²) in [5.41, 5.74) is 9.17. The maximum absolute atomic E-state index is 6.16. The normalized spacial score (nSPS) is 10.6. The minimum absolute atomic E-state index is 0.478. The van der Waals surface area contributed by atoms with Crippen LogP contribution in [-0.2, 0) is 6.42 Å². The van der Waals surface area contributed by atoms with Gasteiger partial charge in [-0.2, -0.15) is 4.98 Å². The van der Waals surface area contributed by atoms with Crippen LogP contribution in [0.3, 0.4) is 0 Å². The first-order chi connectivity index (χ1) is 11.7. The minimum Gasteiger partial charge on any atom is -0.494 e. The van der Waals surface area contributed by atoms with Crippen molar-refractivity contribution in [2.75, 3.05) is 17.7 Å². The summed E-state index contributed by atoms with van der Waals surface area (Å²) in [4.78, 5) is 4.51. The first-order valence-corrected chi connectivity index (χ1v) is 8.15. The Balaban J connectivity index is 1.91. The summed E-state index contributed by atoms with van der Waals surface area (Å²) in [6, 6.07) is 17.9. The molecule has 5 heteroatoms. The van der Waals surface area contributed by atoms with E-state index in [0.717, 1.165) is 35.1 Å². The molecule has 0 aliphatic heterocycles. The molecule has 24 heavy (non-hydrogen) atoms. The van der Waals surface area contributed by atoms with Crippen LogP contribution in [0.15, 0.2) is 54.6 Å². The Morgan fingerprint density at radius 3 is 2.38 bits per heavy atom. The molecule has 124 valence electrons. The first kappa shape index (κ1) is 15.9. The molecule has 3 rings (SSSR count). The second kappa shape index (κ2) is 7.08. The van der Waals surface area contributed by atoms with Gasteiger partial charge in [0.2, 0.25) is 5.95 Å². The lowest BCUT2D eigenvalue weighted by Gasteiger charge is -2.10. The average molecular weight is 322 g/mol. The zero-order chi connectivity index (χ0) is 16.9. The van der Waals surface area contributed by atoms with Crippen LogP contribution in [0.2, 0.25) is 0 Å². The van der Waals surface area contributed by atoms with Crippen LogP contribution < -0.4 is 15.8 Å². The zero-order valence-electron chi connectivity index (χ0n) is 14.0. The Labute approximate surface area is 142 Å². The number of hydrogen-bond acceptors (Lipinski definition) is 4. The number of nitrogens with zero attached hydrogens (tertiary/aromatic N) is 2. The predicted molar refractivity (Wildman–Crippen MR) is 98.2 cm³/mol. The van der Waals surface area contributed by atoms with Gasteiger partial charge in [0.15, 0.2) is 5.82 Å². The molecule has 0 saturated carbocycles. The average Bonchev–Trinajstić information content (AvgIpc) is 2.92. The van der Waals surface area contributed by atoms with E-state index in [2.05, 4.69) is 17.2 Å². The number of nitrogens with two attached hydrogens (primary N) is 1. The van der Waals surface area contributed by atoms with Crippen LogP contribution in [0.5, 0.6) is 5.75 Å². The highest BCUT2D eigenvalue weighted by Crippen LogP contribution is 2.27. The van der Waals surface area contributed by atoms with Crippen LogP contribution in [0.25, 0.3) is 5.69 Å². The lowest BCUT2D eigenvalue weighted by molar-refractivity contribution is 0.340. The van der Waals surface area contributed by atoms with Crippen LogP contribution in [0, 0.1) is 0 Å². The van der Waals surface area contributed by atoms with E-state index in [4.69, 9.17) is 10.5 Å². The first-order valence-electron chi connectivity index (χ1n) is 8.15. The van der Waals surface area contributed by atoms with Gasteiger partial charge in [-0.05, 0) is 49.7 Å². The number of hydrogen-bond donors (Lipinski definition) is 2. The minimum atomic E-state index is 0.478. The van der Waals surface area contributed by atoms with Crippen molar-refractivity contribution in [3.05, 3.63) is 60.3 Å². The van der Waals surface area contributed by atoms with Gasteiger partial charge in [0.05, 0.1) is 12.3 Å². The van der Waals surface area contributed by atoms with Crippen molar-refractivity contribution in [1.82, 2.24) is 9.55 Å².